The molecule has 0 aliphatic rings. The molecule has 0 aliphatic carbocycles. The summed E-state index contributed by atoms with van der Waals surface area (Å²) in [6.45, 7) is 0. The van der Waals surface area contributed by atoms with E-state index in [9.17, 15) is 0 Å². The van der Waals surface area contributed by atoms with Crippen molar-refractivity contribution in [1.29, 1.82) is 0 Å². The Morgan fingerprint density at radius 2 is 1.87 bits per heavy atom. The second-order valence-electron chi connectivity index (χ2n) is 4.85. The van der Waals surface area contributed by atoms with Crippen LogP contribution in [0.15, 0.2) is 48.5 Å². The Hall–Kier alpha value is -1.27. The molecule has 0 saturated carbocycles. The largest absolute Gasteiger partial charge is 0.270 e. The first-order chi connectivity index (χ1) is 11.1. The molecular weight excluding hydrogens is 369 g/mol. The normalized spacial score (nSPS) is 10.9. The third kappa shape index (κ3) is 3.98. The molecule has 0 bridgehead atoms. The number of halogens is 2. The van der Waals surface area contributed by atoms with Crippen molar-refractivity contribution in [2.75, 3.05) is 0 Å². The Bertz CT molecular complexity index is 859. The van der Waals surface area contributed by atoms with Crippen molar-refractivity contribution in [3.8, 4) is 5.69 Å². The van der Waals surface area contributed by atoms with E-state index in [1.165, 1.54) is 5.56 Å². The first-order valence-corrected chi connectivity index (χ1v) is 9.20. The van der Waals surface area contributed by atoms with Gasteiger partial charge in [0.15, 0.2) is 4.77 Å². The van der Waals surface area contributed by atoms with Crippen molar-refractivity contribution in [2.24, 2.45) is 0 Å². The number of aromatic nitrogens is 3. The number of hydrogen-bond donors (Lipinski definition) is 1. The van der Waals surface area contributed by atoms with Crippen LogP contribution in [0.5, 0.6) is 0 Å². The van der Waals surface area contributed by atoms with Gasteiger partial charge >= 0.3 is 0 Å². The first kappa shape index (κ1) is 16.6. The van der Waals surface area contributed by atoms with Crippen molar-refractivity contribution in [3.05, 3.63) is 74.7 Å². The van der Waals surface area contributed by atoms with E-state index in [0.29, 0.717) is 20.6 Å². The first-order valence-electron chi connectivity index (χ1n) is 6.88. The predicted octanol–water partition coefficient (Wildman–Crippen LogP) is 5.67. The summed E-state index contributed by atoms with van der Waals surface area (Å²) in [4.78, 5) is 0. The van der Waals surface area contributed by atoms with Gasteiger partial charge in [0.2, 0.25) is 0 Å². The van der Waals surface area contributed by atoms with Gasteiger partial charge in [0, 0.05) is 10.8 Å². The second-order valence-corrected chi connectivity index (χ2v) is 7.07. The molecule has 118 valence electrons. The van der Waals surface area contributed by atoms with Gasteiger partial charge < -0.3 is 0 Å². The summed E-state index contributed by atoms with van der Waals surface area (Å²) >= 11 is 19.5. The van der Waals surface area contributed by atoms with Gasteiger partial charge in [-0.1, -0.05) is 53.5 Å². The molecule has 1 aromatic heterocycles. The highest BCUT2D eigenvalue weighted by Crippen LogP contribution is 2.27. The lowest BCUT2D eigenvalue weighted by molar-refractivity contribution is 0.949. The minimum absolute atomic E-state index is 0.504. The van der Waals surface area contributed by atoms with Crippen LogP contribution in [0, 0.1) is 4.77 Å². The summed E-state index contributed by atoms with van der Waals surface area (Å²) < 4.78 is 2.34. The van der Waals surface area contributed by atoms with E-state index in [1.54, 1.807) is 30.0 Å². The number of benzene rings is 2. The van der Waals surface area contributed by atoms with Crippen molar-refractivity contribution >= 4 is 47.2 Å². The van der Waals surface area contributed by atoms with Crippen molar-refractivity contribution in [2.45, 2.75) is 11.5 Å². The molecule has 0 unspecified atom stereocenters. The number of nitrogens with zero attached hydrogens (tertiary/aromatic N) is 2. The van der Waals surface area contributed by atoms with Crippen LogP contribution in [-0.4, -0.2) is 14.8 Å². The average molecular weight is 382 g/mol. The number of rotatable bonds is 5. The smallest absolute Gasteiger partial charge is 0.199 e. The van der Waals surface area contributed by atoms with Gasteiger partial charge in [0.25, 0.3) is 0 Å². The molecule has 0 fully saturated rings. The fourth-order valence-electron chi connectivity index (χ4n) is 2.17. The van der Waals surface area contributed by atoms with Crippen LogP contribution < -0.4 is 0 Å². The molecule has 0 spiro atoms. The van der Waals surface area contributed by atoms with Gasteiger partial charge in [-0.2, -0.15) is 5.10 Å². The van der Waals surface area contributed by atoms with Gasteiger partial charge in [-0.15, -0.1) is 11.8 Å². The number of thioether (sulfide) groups is 1. The Morgan fingerprint density at radius 1 is 1.09 bits per heavy atom. The fraction of sp³-hybridized carbons (Fsp3) is 0.125. The lowest BCUT2D eigenvalue weighted by Crippen LogP contribution is -2.01. The molecule has 0 aliphatic heterocycles. The number of aromatic amines is 1. The minimum atomic E-state index is 0.504. The maximum Gasteiger partial charge on any atom is 0.199 e. The van der Waals surface area contributed by atoms with E-state index < -0.39 is 0 Å². The Kier molecular flexibility index (Phi) is 5.43. The van der Waals surface area contributed by atoms with Crippen LogP contribution in [0.4, 0.5) is 0 Å². The van der Waals surface area contributed by atoms with E-state index in [0.717, 1.165) is 17.3 Å². The summed E-state index contributed by atoms with van der Waals surface area (Å²) in [5.41, 5.74) is 2.02. The van der Waals surface area contributed by atoms with Gasteiger partial charge in [0.1, 0.15) is 5.82 Å². The summed E-state index contributed by atoms with van der Waals surface area (Å²) in [6.07, 6.45) is 0. The van der Waals surface area contributed by atoms with Gasteiger partial charge in [0.05, 0.1) is 16.5 Å². The molecule has 3 rings (SSSR count). The molecule has 3 nitrogen and oxygen atoms in total. The zero-order chi connectivity index (χ0) is 16.2. The van der Waals surface area contributed by atoms with Crippen LogP contribution >= 0.6 is 47.2 Å². The molecule has 2 aromatic carbocycles. The summed E-state index contributed by atoms with van der Waals surface area (Å²) in [5.74, 6) is 2.44. The molecule has 1 heterocycles. The molecular formula is C16H13Cl2N3S2. The Morgan fingerprint density at radius 3 is 2.65 bits per heavy atom. The Labute approximate surface area is 153 Å². The van der Waals surface area contributed by atoms with Crippen molar-refractivity contribution < 1.29 is 0 Å². The highest BCUT2D eigenvalue weighted by Gasteiger charge is 2.12. The molecule has 3 aromatic rings. The molecule has 7 heteroatoms. The second kappa shape index (κ2) is 7.53. The maximum absolute atomic E-state index is 6.29. The van der Waals surface area contributed by atoms with Crippen molar-refractivity contribution in [1.82, 2.24) is 14.8 Å². The van der Waals surface area contributed by atoms with Crippen LogP contribution in [0.1, 0.15) is 11.4 Å². The van der Waals surface area contributed by atoms with Crippen LogP contribution in [0.25, 0.3) is 5.69 Å². The monoisotopic (exact) mass is 381 g/mol. The zero-order valence-electron chi connectivity index (χ0n) is 12.0. The zero-order valence-corrected chi connectivity index (χ0v) is 15.1. The SMILES string of the molecule is S=c1[nH]nc(CSCc2ccccc2)n1-c1cc(Cl)ccc1Cl. The summed E-state index contributed by atoms with van der Waals surface area (Å²) in [5, 5.41) is 8.34. The Balaban J connectivity index is 1.82. The summed E-state index contributed by atoms with van der Waals surface area (Å²) in [7, 11) is 0. The predicted molar refractivity (Wildman–Crippen MR) is 100 cm³/mol. The van der Waals surface area contributed by atoms with Gasteiger partial charge in [-0.05, 0) is 36.0 Å². The molecule has 23 heavy (non-hydrogen) atoms. The van der Waals surface area contributed by atoms with Crippen LogP contribution in [-0.2, 0) is 11.5 Å². The molecule has 1 N–H and O–H groups in total. The molecule has 0 amide bonds. The minimum Gasteiger partial charge on any atom is -0.270 e. The van der Waals surface area contributed by atoms with Gasteiger partial charge in [-0.3, -0.25) is 9.67 Å². The van der Waals surface area contributed by atoms with Gasteiger partial charge in [-0.25, -0.2) is 0 Å². The van der Waals surface area contributed by atoms with E-state index in [1.807, 2.05) is 22.8 Å². The summed E-state index contributed by atoms with van der Waals surface area (Å²) in [6, 6.07) is 15.6. The van der Waals surface area contributed by atoms with E-state index in [2.05, 4.69) is 22.3 Å². The molecule has 0 radical (unpaired) electrons. The third-order valence-electron chi connectivity index (χ3n) is 3.23. The lowest BCUT2D eigenvalue weighted by Gasteiger charge is -2.09. The van der Waals surface area contributed by atoms with Crippen LogP contribution in [0.2, 0.25) is 10.0 Å². The number of hydrogen-bond acceptors (Lipinski definition) is 3. The fourth-order valence-corrected chi connectivity index (χ4v) is 3.69. The highest BCUT2D eigenvalue weighted by atomic mass is 35.5. The molecule has 0 saturated heterocycles. The molecule has 0 atom stereocenters. The van der Waals surface area contributed by atoms with E-state index in [-0.39, 0.29) is 0 Å². The maximum atomic E-state index is 6.29. The quantitative estimate of drug-likeness (QED) is 0.577. The van der Waals surface area contributed by atoms with E-state index >= 15 is 0 Å². The third-order valence-corrected chi connectivity index (χ3v) is 5.06. The topological polar surface area (TPSA) is 33.6 Å². The lowest BCUT2D eigenvalue weighted by atomic mass is 10.2. The standard InChI is InChI=1S/C16H13Cl2N3S2/c17-12-6-7-13(18)14(8-12)21-15(19-20-16(21)22)10-23-9-11-4-2-1-3-5-11/h1-8H,9-10H2,(H,20,22). The number of nitrogens with one attached hydrogen (secondary N) is 1. The number of H-pyrrole nitrogens is 1. The van der Waals surface area contributed by atoms with Crippen molar-refractivity contribution in [3.63, 3.8) is 0 Å². The highest BCUT2D eigenvalue weighted by molar-refractivity contribution is 7.97. The van der Waals surface area contributed by atoms with E-state index in [4.69, 9.17) is 35.4 Å². The average Bonchev–Trinajstić information content (AvgIpc) is 2.92. The van der Waals surface area contributed by atoms with Crippen LogP contribution in [0.3, 0.4) is 0 Å².